The molecule has 0 aliphatic carbocycles. The van der Waals surface area contributed by atoms with E-state index in [0.717, 1.165) is 10.9 Å². The number of carbonyl (C=O) groups excluding carboxylic acids is 1. The lowest BCUT2D eigenvalue weighted by Crippen LogP contribution is -2.19. The molecule has 2 N–H and O–H groups in total. The van der Waals surface area contributed by atoms with Crippen molar-refractivity contribution in [2.24, 2.45) is 5.10 Å². The number of aryl methyl sites for hydroxylation is 1. The number of ether oxygens (including phenoxy) is 1. The second kappa shape index (κ2) is 6.68. The van der Waals surface area contributed by atoms with Crippen molar-refractivity contribution < 1.29 is 19.1 Å². The van der Waals surface area contributed by atoms with Crippen LogP contribution in [0.1, 0.15) is 28.6 Å². The summed E-state index contributed by atoms with van der Waals surface area (Å²) in [7, 11) is 1.54. The Morgan fingerprint density at radius 1 is 1.24 bits per heavy atom. The van der Waals surface area contributed by atoms with Gasteiger partial charge in [-0.1, -0.05) is 18.2 Å². The Hall–Kier alpha value is -3.28. The fourth-order valence-electron chi connectivity index (χ4n) is 2.57. The number of aromatic hydroxyl groups is 1. The van der Waals surface area contributed by atoms with E-state index in [4.69, 9.17) is 9.15 Å². The summed E-state index contributed by atoms with van der Waals surface area (Å²) in [5.74, 6) is 0.404. The van der Waals surface area contributed by atoms with Crippen molar-refractivity contribution >= 4 is 22.6 Å². The normalized spacial score (nSPS) is 11.6. The van der Waals surface area contributed by atoms with E-state index in [1.54, 1.807) is 19.1 Å². The number of rotatable bonds is 4. The third kappa shape index (κ3) is 3.19. The van der Waals surface area contributed by atoms with E-state index in [2.05, 4.69) is 10.5 Å². The zero-order chi connectivity index (χ0) is 18.0. The molecule has 0 aliphatic heterocycles. The summed E-state index contributed by atoms with van der Waals surface area (Å²) < 4.78 is 10.7. The van der Waals surface area contributed by atoms with Gasteiger partial charge in [-0.3, -0.25) is 4.79 Å². The number of para-hydroxylation sites is 1. The van der Waals surface area contributed by atoms with Crippen LogP contribution in [-0.2, 0) is 0 Å². The Morgan fingerprint density at radius 3 is 2.72 bits per heavy atom. The van der Waals surface area contributed by atoms with Crippen LogP contribution in [0.15, 0.2) is 52.0 Å². The molecule has 1 aromatic heterocycles. The molecule has 0 atom stereocenters. The fraction of sp³-hybridized carbons (Fsp3) is 0.158. The molecule has 6 heteroatoms. The number of phenolic OH excluding ortho intramolecular Hbond substituents is 1. The van der Waals surface area contributed by atoms with Crippen molar-refractivity contribution in [1.29, 1.82) is 0 Å². The first-order valence-electron chi connectivity index (χ1n) is 7.71. The average Bonchev–Trinajstić information content (AvgIpc) is 2.97. The van der Waals surface area contributed by atoms with Gasteiger partial charge in [-0.15, -0.1) is 0 Å². The molecule has 0 saturated heterocycles. The van der Waals surface area contributed by atoms with Crippen molar-refractivity contribution in [3.63, 3.8) is 0 Å². The van der Waals surface area contributed by atoms with Gasteiger partial charge in [0.1, 0.15) is 17.1 Å². The van der Waals surface area contributed by atoms with Crippen LogP contribution in [0, 0.1) is 6.92 Å². The molecule has 1 amide bonds. The van der Waals surface area contributed by atoms with E-state index < -0.39 is 5.91 Å². The van der Waals surface area contributed by atoms with Crippen LogP contribution in [0.2, 0.25) is 0 Å². The molecular formula is C19H18N2O4. The molecule has 25 heavy (non-hydrogen) atoms. The molecule has 0 unspecified atom stereocenters. The number of amides is 1. The number of nitrogens with one attached hydrogen (secondary N) is 1. The van der Waals surface area contributed by atoms with Gasteiger partial charge in [-0.2, -0.15) is 5.10 Å². The van der Waals surface area contributed by atoms with Crippen LogP contribution < -0.4 is 10.2 Å². The van der Waals surface area contributed by atoms with Crippen molar-refractivity contribution in [3.05, 3.63) is 59.4 Å². The second-order valence-corrected chi connectivity index (χ2v) is 5.57. The van der Waals surface area contributed by atoms with Crippen LogP contribution in [0.5, 0.6) is 11.5 Å². The van der Waals surface area contributed by atoms with E-state index in [1.807, 2.05) is 31.2 Å². The van der Waals surface area contributed by atoms with Crippen LogP contribution in [0.25, 0.3) is 11.0 Å². The number of nitrogens with zero attached hydrogens (tertiary/aromatic N) is 1. The molecule has 0 spiro atoms. The first-order chi connectivity index (χ1) is 12.0. The first-order valence-corrected chi connectivity index (χ1v) is 7.71. The van der Waals surface area contributed by atoms with Gasteiger partial charge in [-0.05, 0) is 38.1 Å². The number of hydrogen-bond acceptors (Lipinski definition) is 5. The van der Waals surface area contributed by atoms with Crippen LogP contribution in [-0.4, -0.2) is 23.8 Å². The van der Waals surface area contributed by atoms with Crippen LogP contribution in [0.4, 0.5) is 0 Å². The third-order valence-electron chi connectivity index (χ3n) is 3.97. The maximum absolute atomic E-state index is 12.4. The number of furan rings is 1. The first kappa shape index (κ1) is 16.6. The summed E-state index contributed by atoms with van der Waals surface area (Å²) in [5, 5.41) is 14.9. The number of carbonyl (C=O) groups is 1. The standard InChI is InChI=1S/C19H18N2O4/c1-11-14-6-4-5-7-17(14)25-18(11)19(23)21-20-12(2)15-10-13(24-3)8-9-16(15)22/h4-10,22H,1-3H3,(H,21,23)/b20-12+. The zero-order valence-corrected chi connectivity index (χ0v) is 14.2. The monoisotopic (exact) mass is 338 g/mol. The quantitative estimate of drug-likeness (QED) is 0.562. The third-order valence-corrected chi connectivity index (χ3v) is 3.97. The minimum absolute atomic E-state index is 0.0521. The van der Waals surface area contributed by atoms with E-state index in [0.29, 0.717) is 22.6 Å². The fourth-order valence-corrected chi connectivity index (χ4v) is 2.57. The van der Waals surface area contributed by atoms with E-state index in [1.165, 1.54) is 13.2 Å². The Balaban J connectivity index is 1.85. The highest BCUT2D eigenvalue weighted by molar-refractivity contribution is 6.03. The molecule has 6 nitrogen and oxygen atoms in total. The molecule has 0 aliphatic rings. The largest absolute Gasteiger partial charge is 0.507 e. The summed E-state index contributed by atoms with van der Waals surface area (Å²) in [5.41, 5.74) is 4.79. The van der Waals surface area contributed by atoms with Crippen LogP contribution >= 0.6 is 0 Å². The lowest BCUT2D eigenvalue weighted by molar-refractivity contribution is 0.0928. The molecule has 3 aromatic rings. The number of hydrazone groups is 1. The van der Waals surface area contributed by atoms with Gasteiger partial charge < -0.3 is 14.3 Å². The molecule has 1 heterocycles. The van der Waals surface area contributed by atoms with Gasteiger partial charge in [0.15, 0.2) is 5.76 Å². The number of methoxy groups -OCH3 is 1. The van der Waals surface area contributed by atoms with Crippen molar-refractivity contribution in [2.75, 3.05) is 7.11 Å². The van der Waals surface area contributed by atoms with Gasteiger partial charge in [0, 0.05) is 16.5 Å². The molecule has 0 saturated carbocycles. The highest BCUT2D eigenvalue weighted by Gasteiger charge is 2.17. The van der Waals surface area contributed by atoms with Gasteiger partial charge in [0.25, 0.3) is 0 Å². The van der Waals surface area contributed by atoms with Gasteiger partial charge >= 0.3 is 5.91 Å². The molecule has 128 valence electrons. The number of phenols is 1. The minimum Gasteiger partial charge on any atom is -0.507 e. The summed E-state index contributed by atoms with van der Waals surface area (Å²) >= 11 is 0. The summed E-state index contributed by atoms with van der Waals surface area (Å²) in [6.45, 7) is 3.51. The molecule has 0 fully saturated rings. The minimum atomic E-state index is -0.449. The van der Waals surface area contributed by atoms with E-state index >= 15 is 0 Å². The predicted molar refractivity (Wildman–Crippen MR) is 95.3 cm³/mol. The maximum atomic E-state index is 12.4. The maximum Gasteiger partial charge on any atom is 0.307 e. The highest BCUT2D eigenvalue weighted by atomic mass is 16.5. The number of fused-ring (bicyclic) bond motifs is 1. The van der Waals surface area contributed by atoms with Gasteiger partial charge in [0.05, 0.1) is 12.8 Å². The second-order valence-electron chi connectivity index (χ2n) is 5.57. The average molecular weight is 338 g/mol. The topological polar surface area (TPSA) is 84.1 Å². The Bertz CT molecular complexity index is 973. The zero-order valence-electron chi connectivity index (χ0n) is 14.2. The summed E-state index contributed by atoms with van der Waals surface area (Å²) in [4.78, 5) is 12.4. The molecule has 0 radical (unpaired) electrons. The van der Waals surface area contributed by atoms with Gasteiger partial charge in [-0.25, -0.2) is 5.43 Å². The SMILES string of the molecule is COc1ccc(O)c(/C(C)=N/NC(=O)c2oc3ccccc3c2C)c1. The Kier molecular flexibility index (Phi) is 4.43. The molecule has 0 bridgehead atoms. The lowest BCUT2D eigenvalue weighted by Gasteiger charge is -2.07. The highest BCUT2D eigenvalue weighted by Crippen LogP contribution is 2.25. The molecule has 3 rings (SSSR count). The van der Waals surface area contributed by atoms with E-state index in [-0.39, 0.29) is 11.5 Å². The van der Waals surface area contributed by atoms with E-state index in [9.17, 15) is 9.90 Å². The summed E-state index contributed by atoms with van der Waals surface area (Å²) in [6.07, 6.45) is 0. The molecular weight excluding hydrogens is 320 g/mol. The summed E-state index contributed by atoms with van der Waals surface area (Å²) in [6, 6.07) is 12.2. The van der Waals surface area contributed by atoms with Crippen molar-refractivity contribution in [2.45, 2.75) is 13.8 Å². The van der Waals surface area contributed by atoms with Gasteiger partial charge in [0.2, 0.25) is 0 Å². The Labute approximate surface area is 144 Å². The Morgan fingerprint density at radius 2 is 2.00 bits per heavy atom. The van der Waals surface area contributed by atoms with Crippen molar-refractivity contribution in [3.8, 4) is 11.5 Å². The number of benzene rings is 2. The smallest absolute Gasteiger partial charge is 0.307 e. The molecule has 2 aromatic carbocycles. The lowest BCUT2D eigenvalue weighted by atomic mass is 10.1. The van der Waals surface area contributed by atoms with Crippen LogP contribution in [0.3, 0.4) is 0 Å². The number of hydrogen-bond donors (Lipinski definition) is 2. The van der Waals surface area contributed by atoms with Crippen molar-refractivity contribution in [1.82, 2.24) is 5.43 Å². The predicted octanol–water partition coefficient (Wildman–Crippen LogP) is 3.61.